The number of para-hydroxylation sites is 1. The van der Waals surface area contributed by atoms with Gasteiger partial charge in [0.15, 0.2) is 0 Å². The average Bonchev–Trinajstić information content (AvgIpc) is 2.78. The van der Waals surface area contributed by atoms with Crippen LogP contribution in [0.25, 0.3) is 0 Å². The van der Waals surface area contributed by atoms with Crippen LogP contribution in [0.1, 0.15) is 18.4 Å². The zero-order valence-electron chi connectivity index (χ0n) is 10.2. The monoisotopic (exact) mass is 242 g/mol. The van der Waals surface area contributed by atoms with Gasteiger partial charge >= 0.3 is 14.1 Å². The van der Waals surface area contributed by atoms with Crippen LogP contribution in [-0.4, -0.2) is 38.7 Å². The molecule has 0 aromatic heterocycles. The molecular formula is C13H15BN2O2. The largest absolute Gasteiger partial charge is 0.528 e. The molecule has 0 bridgehead atoms. The Kier molecular flexibility index (Phi) is 2.69. The second kappa shape index (κ2) is 4.23. The number of likely N-dealkylation sites (tertiary alicyclic amines) is 1. The first-order valence-corrected chi connectivity index (χ1v) is 6.24. The van der Waals surface area contributed by atoms with Crippen LogP contribution in [0.2, 0.25) is 0 Å². The Morgan fingerprint density at radius 1 is 1.33 bits per heavy atom. The van der Waals surface area contributed by atoms with Gasteiger partial charge in [0.1, 0.15) is 0 Å². The topological polar surface area (TPSA) is 41.6 Å². The van der Waals surface area contributed by atoms with Crippen LogP contribution in [-0.2, 0) is 10.1 Å². The Bertz CT molecular complexity index is 470. The summed E-state index contributed by atoms with van der Waals surface area (Å²) in [5, 5.41) is 3.46. The standard InChI is InChI=1S/C13H15BN2O2/c14-18-12(17)16-7-5-13(6-8-16)9-15-11-4-2-1-3-10(11)13/h1-4,15H,5-9H2. The maximum absolute atomic E-state index is 11.4. The lowest BCUT2D eigenvalue weighted by molar-refractivity contribution is 0.129. The van der Waals surface area contributed by atoms with Gasteiger partial charge in [0.05, 0.1) is 0 Å². The van der Waals surface area contributed by atoms with Crippen molar-refractivity contribution in [1.29, 1.82) is 0 Å². The molecule has 1 fully saturated rings. The molecule has 1 aromatic carbocycles. The van der Waals surface area contributed by atoms with Gasteiger partial charge in [-0.15, -0.1) is 0 Å². The van der Waals surface area contributed by atoms with Crippen molar-refractivity contribution in [2.75, 3.05) is 25.0 Å². The number of nitrogens with zero attached hydrogens (tertiary/aromatic N) is 1. The minimum absolute atomic E-state index is 0.169. The molecule has 1 aromatic rings. The van der Waals surface area contributed by atoms with E-state index in [-0.39, 0.29) is 5.41 Å². The van der Waals surface area contributed by atoms with Crippen molar-refractivity contribution in [3.05, 3.63) is 29.8 Å². The molecule has 0 aliphatic carbocycles. The van der Waals surface area contributed by atoms with Crippen molar-refractivity contribution in [2.24, 2.45) is 0 Å². The van der Waals surface area contributed by atoms with Crippen molar-refractivity contribution in [1.82, 2.24) is 4.90 Å². The molecule has 2 heterocycles. The minimum atomic E-state index is -0.427. The summed E-state index contributed by atoms with van der Waals surface area (Å²) in [6.45, 7) is 2.36. The molecule has 3 rings (SSSR count). The number of hydrogen-bond acceptors (Lipinski definition) is 3. The summed E-state index contributed by atoms with van der Waals surface area (Å²) in [5.74, 6) is 0. The number of amides is 1. The third kappa shape index (κ3) is 1.65. The zero-order chi connectivity index (χ0) is 12.6. The van der Waals surface area contributed by atoms with Gasteiger partial charge < -0.3 is 14.9 Å². The van der Waals surface area contributed by atoms with E-state index < -0.39 is 6.09 Å². The zero-order valence-corrected chi connectivity index (χ0v) is 10.2. The van der Waals surface area contributed by atoms with Gasteiger partial charge in [-0.05, 0) is 24.5 Å². The molecule has 1 amide bonds. The van der Waals surface area contributed by atoms with Crippen molar-refractivity contribution < 1.29 is 9.45 Å². The van der Waals surface area contributed by atoms with Gasteiger partial charge in [-0.3, -0.25) is 0 Å². The van der Waals surface area contributed by atoms with Crippen LogP contribution in [0.3, 0.4) is 0 Å². The smallest absolute Gasteiger partial charge is 0.391 e. The molecule has 1 saturated heterocycles. The molecule has 2 aliphatic rings. The number of carbonyl (C=O) groups excluding carboxylic acids is 1. The summed E-state index contributed by atoms with van der Waals surface area (Å²) in [4.78, 5) is 13.1. The first-order valence-electron chi connectivity index (χ1n) is 6.24. The summed E-state index contributed by atoms with van der Waals surface area (Å²) in [7, 11) is 4.92. The van der Waals surface area contributed by atoms with Gasteiger partial charge in [0, 0.05) is 30.7 Å². The summed E-state index contributed by atoms with van der Waals surface area (Å²) in [5.41, 5.74) is 2.78. The number of rotatable bonds is 0. The molecule has 0 saturated carbocycles. The minimum Gasteiger partial charge on any atom is -0.528 e. The van der Waals surface area contributed by atoms with Crippen molar-refractivity contribution >= 4 is 19.8 Å². The van der Waals surface area contributed by atoms with E-state index >= 15 is 0 Å². The predicted molar refractivity (Wildman–Crippen MR) is 69.7 cm³/mol. The highest BCUT2D eigenvalue weighted by atomic mass is 16.5. The molecule has 0 unspecified atom stereocenters. The number of fused-ring (bicyclic) bond motifs is 2. The lowest BCUT2D eigenvalue weighted by Gasteiger charge is -2.38. The van der Waals surface area contributed by atoms with Crippen LogP contribution in [0.15, 0.2) is 24.3 Å². The van der Waals surface area contributed by atoms with E-state index in [4.69, 9.17) is 8.05 Å². The first-order chi connectivity index (χ1) is 8.75. The number of benzene rings is 1. The van der Waals surface area contributed by atoms with Gasteiger partial charge in [0.25, 0.3) is 0 Å². The number of anilines is 1. The van der Waals surface area contributed by atoms with E-state index in [2.05, 4.69) is 28.2 Å². The van der Waals surface area contributed by atoms with Gasteiger partial charge in [-0.1, -0.05) is 18.2 Å². The highest BCUT2D eigenvalue weighted by Crippen LogP contribution is 2.43. The van der Waals surface area contributed by atoms with Crippen molar-refractivity contribution in [2.45, 2.75) is 18.3 Å². The molecule has 18 heavy (non-hydrogen) atoms. The van der Waals surface area contributed by atoms with Crippen molar-refractivity contribution in [3.8, 4) is 0 Å². The molecule has 2 aliphatic heterocycles. The Labute approximate surface area is 108 Å². The van der Waals surface area contributed by atoms with E-state index in [9.17, 15) is 4.79 Å². The molecule has 0 atom stereocenters. The Morgan fingerprint density at radius 2 is 2.06 bits per heavy atom. The van der Waals surface area contributed by atoms with Crippen molar-refractivity contribution in [3.63, 3.8) is 0 Å². The van der Waals surface area contributed by atoms with E-state index in [0.717, 1.165) is 19.4 Å². The molecule has 2 radical (unpaired) electrons. The summed E-state index contributed by atoms with van der Waals surface area (Å²) < 4.78 is 4.28. The Morgan fingerprint density at radius 3 is 2.78 bits per heavy atom. The highest BCUT2D eigenvalue weighted by molar-refractivity contribution is 6.05. The third-order valence-electron chi connectivity index (χ3n) is 4.20. The van der Waals surface area contributed by atoms with E-state index in [1.54, 1.807) is 4.90 Å². The molecule has 4 nitrogen and oxygen atoms in total. The SMILES string of the molecule is [B]OC(=O)N1CCC2(CC1)CNc1ccccc12. The first kappa shape index (κ1) is 11.4. The Balaban J connectivity index is 1.79. The third-order valence-corrected chi connectivity index (χ3v) is 4.20. The molecule has 5 heteroatoms. The second-order valence-electron chi connectivity index (χ2n) is 5.05. The Hall–Kier alpha value is -1.65. The number of carbonyl (C=O) groups is 1. The van der Waals surface area contributed by atoms with Crippen LogP contribution in [0.5, 0.6) is 0 Å². The number of nitrogens with one attached hydrogen (secondary N) is 1. The fourth-order valence-electron chi connectivity index (χ4n) is 3.10. The summed E-state index contributed by atoms with van der Waals surface area (Å²) >= 11 is 0. The predicted octanol–water partition coefficient (Wildman–Crippen LogP) is 1.67. The van der Waals surface area contributed by atoms with E-state index in [1.165, 1.54) is 11.3 Å². The van der Waals surface area contributed by atoms with Gasteiger partial charge in [0.2, 0.25) is 0 Å². The maximum Gasteiger partial charge on any atom is 0.391 e. The van der Waals surface area contributed by atoms with Gasteiger partial charge in [-0.25, -0.2) is 4.79 Å². The van der Waals surface area contributed by atoms with E-state index in [0.29, 0.717) is 13.1 Å². The second-order valence-corrected chi connectivity index (χ2v) is 5.05. The maximum atomic E-state index is 11.4. The summed E-state index contributed by atoms with van der Waals surface area (Å²) in [6, 6.07) is 8.43. The van der Waals surface area contributed by atoms with Crippen LogP contribution in [0.4, 0.5) is 10.5 Å². The fraction of sp³-hybridized carbons (Fsp3) is 0.462. The average molecular weight is 242 g/mol. The van der Waals surface area contributed by atoms with Crippen LogP contribution in [0, 0.1) is 0 Å². The lowest BCUT2D eigenvalue weighted by Crippen LogP contribution is -2.46. The molecule has 1 N–H and O–H groups in total. The van der Waals surface area contributed by atoms with Crippen LogP contribution >= 0.6 is 0 Å². The van der Waals surface area contributed by atoms with E-state index in [1.807, 2.05) is 6.07 Å². The number of piperidine rings is 1. The molecule has 1 spiro atoms. The van der Waals surface area contributed by atoms with Crippen LogP contribution < -0.4 is 5.32 Å². The lowest BCUT2D eigenvalue weighted by atomic mass is 9.74. The van der Waals surface area contributed by atoms with Gasteiger partial charge in [-0.2, -0.15) is 0 Å². The normalized spacial score (nSPS) is 20.3. The molecule has 92 valence electrons. The number of hydrogen-bond donors (Lipinski definition) is 1. The highest BCUT2D eigenvalue weighted by Gasteiger charge is 2.41. The molecular weight excluding hydrogens is 227 g/mol. The quantitative estimate of drug-likeness (QED) is 0.703. The summed E-state index contributed by atoms with van der Waals surface area (Å²) in [6.07, 6.45) is 1.47. The fourth-order valence-corrected chi connectivity index (χ4v) is 3.10.